The molecule has 0 saturated heterocycles. The average Bonchev–Trinajstić information content (AvgIpc) is 2.75. The number of aromatic nitrogens is 2. The summed E-state index contributed by atoms with van der Waals surface area (Å²) in [6.07, 6.45) is 0. The van der Waals surface area contributed by atoms with E-state index < -0.39 is 29.1 Å². The van der Waals surface area contributed by atoms with Gasteiger partial charge >= 0.3 is 11.9 Å². The first-order chi connectivity index (χ1) is 8.49. The molecule has 7 heteroatoms. The van der Waals surface area contributed by atoms with E-state index in [0.717, 1.165) is 0 Å². The normalized spacial score (nSPS) is 10.3. The van der Waals surface area contributed by atoms with Crippen LogP contribution in [0.25, 0.3) is 11.4 Å². The molecule has 0 fully saturated rings. The van der Waals surface area contributed by atoms with Crippen molar-refractivity contribution >= 4 is 11.9 Å². The van der Waals surface area contributed by atoms with E-state index in [4.69, 9.17) is 10.2 Å². The molecule has 6 nitrogen and oxygen atoms in total. The van der Waals surface area contributed by atoms with E-state index >= 15 is 0 Å². The van der Waals surface area contributed by atoms with Crippen LogP contribution in [0, 0.1) is 5.82 Å². The van der Waals surface area contributed by atoms with Crippen molar-refractivity contribution in [2.45, 2.75) is 0 Å². The van der Waals surface area contributed by atoms with Crippen LogP contribution in [0.3, 0.4) is 0 Å². The Morgan fingerprint density at radius 3 is 2.17 bits per heavy atom. The van der Waals surface area contributed by atoms with E-state index in [1.807, 2.05) is 0 Å². The van der Waals surface area contributed by atoms with Gasteiger partial charge in [0, 0.05) is 5.56 Å². The molecule has 2 aromatic rings. The van der Waals surface area contributed by atoms with Gasteiger partial charge in [-0.15, -0.1) is 0 Å². The van der Waals surface area contributed by atoms with Crippen LogP contribution < -0.4 is 0 Å². The van der Waals surface area contributed by atoms with Crippen molar-refractivity contribution in [2.24, 2.45) is 0 Å². The fraction of sp³-hybridized carbons (Fsp3) is 0. The molecule has 92 valence electrons. The number of carboxylic acid groups (broad SMARTS) is 2. The van der Waals surface area contributed by atoms with Gasteiger partial charge in [-0.3, -0.25) is 0 Å². The highest BCUT2D eigenvalue weighted by Gasteiger charge is 2.22. The van der Waals surface area contributed by atoms with Crippen molar-refractivity contribution in [1.29, 1.82) is 0 Å². The Balaban J connectivity index is 2.53. The number of hydrogen-bond acceptors (Lipinski definition) is 3. The molecule has 1 heterocycles. The lowest BCUT2D eigenvalue weighted by atomic mass is 10.2. The standard InChI is InChI=1S/C11H7FN2O4/c12-6-3-1-5(2-4-6)9-13-7(10(15)16)8(14-9)11(17)18/h1-4H,(H,13,14)(H,15,16)(H,17,18). The van der Waals surface area contributed by atoms with Gasteiger partial charge in [-0.25, -0.2) is 19.0 Å². The molecular formula is C11H7FN2O4. The molecule has 1 aromatic carbocycles. The van der Waals surface area contributed by atoms with Gasteiger partial charge in [0.1, 0.15) is 11.6 Å². The topological polar surface area (TPSA) is 103 Å². The maximum atomic E-state index is 12.7. The lowest BCUT2D eigenvalue weighted by Gasteiger charge is -1.95. The van der Waals surface area contributed by atoms with Gasteiger partial charge in [0.15, 0.2) is 11.4 Å². The molecule has 0 saturated carbocycles. The molecule has 0 aliphatic carbocycles. The van der Waals surface area contributed by atoms with Gasteiger partial charge in [0.25, 0.3) is 0 Å². The van der Waals surface area contributed by atoms with E-state index in [2.05, 4.69) is 9.97 Å². The summed E-state index contributed by atoms with van der Waals surface area (Å²) in [6.45, 7) is 0. The number of benzene rings is 1. The zero-order valence-electron chi connectivity index (χ0n) is 8.85. The van der Waals surface area contributed by atoms with Crippen molar-refractivity contribution in [2.75, 3.05) is 0 Å². The van der Waals surface area contributed by atoms with Crippen molar-refractivity contribution in [1.82, 2.24) is 9.97 Å². The third-order valence-electron chi connectivity index (χ3n) is 2.24. The summed E-state index contributed by atoms with van der Waals surface area (Å²) in [7, 11) is 0. The van der Waals surface area contributed by atoms with Gasteiger partial charge < -0.3 is 15.2 Å². The first-order valence-corrected chi connectivity index (χ1v) is 4.81. The molecule has 18 heavy (non-hydrogen) atoms. The number of rotatable bonds is 3. The number of carboxylic acids is 2. The number of nitrogens with zero attached hydrogens (tertiary/aromatic N) is 1. The number of nitrogens with one attached hydrogen (secondary N) is 1. The number of H-pyrrole nitrogens is 1. The summed E-state index contributed by atoms with van der Waals surface area (Å²) < 4.78 is 12.7. The van der Waals surface area contributed by atoms with E-state index in [1.54, 1.807) is 0 Å². The first kappa shape index (κ1) is 11.8. The first-order valence-electron chi connectivity index (χ1n) is 4.81. The molecule has 2 rings (SSSR count). The van der Waals surface area contributed by atoms with Crippen LogP contribution in [0.4, 0.5) is 4.39 Å². The third-order valence-corrected chi connectivity index (χ3v) is 2.24. The van der Waals surface area contributed by atoms with Crippen LogP contribution in [0.1, 0.15) is 21.0 Å². The lowest BCUT2D eigenvalue weighted by Crippen LogP contribution is -2.07. The van der Waals surface area contributed by atoms with Crippen molar-refractivity contribution in [3.8, 4) is 11.4 Å². The van der Waals surface area contributed by atoms with Gasteiger partial charge in [-0.05, 0) is 24.3 Å². The number of carbonyl (C=O) groups is 2. The molecular weight excluding hydrogens is 243 g/mol. The van der Waals surface area contributed by atoms with E-state index in [-0.39, 0.29) is 5.82 Å². The van der Waals surface area contributed by atoms with Crippen LogP contribution >= 0.6 is 0 Å². The summed E-state index contributed by atoms with van der Waals surface area (Å²) in [4.78, 5) is 27.7. The van der Waals surface area contributed by atoms with Gasteiger partial charge in [-0.1, -0.05) is 0 Å². The molecule has 0 bridgehead atoms. The van der Waals surface area contributed by atoms with Gasteiger partial charge in [-0.2, -0.15) is 0 Å². The van der Waals surface area contributed by atoms with E-state index in [9.17, 15) is 14.0 Å². The smallest absolute Gasteiger partial charge is 0.357 e. The Morgan fingerprint density at radius 2 is 1.72 bits per heavy atom. The highest BCUT2D eigenvalue weighted by molar-refractivity contribution is 5.99. The van der Waals surface area contributed by atoms with Crippen LogP contribution in [-0.2, 0) is 0 Å². The highest BCUT2D eigenvalue weighted by Crippen LogP contribution is 2.18. The lowest BCUT2D eigenvalue weighted by molar-refractivity contribution is 0.0644. The number of hydrogen-bond donors (Lipinski definition) is 3. The van der Waals surface area contributed by atoms with E-state index in [0.29, 0.717) is 5.56 Å². The quantitative estimate of drug-likeness (QED) is 0.767. The second-order valence-corrected chi connectivity index (χ2v) is 3.43. The molecule has 0 aliphatic rings. The summed E-state index contributed by atoms with van der Waals surface area (Å²) in [5, 5.41) is 17.6. The Labute approximate surface area is 99.7 Å². The average molecular weight is 250 g/mol. The summed E-state index contributed by atoms with van der Waals surface area (Å²) in [5.74, 6) is -3.27. The van der Waals surface area contributed by atoms with Gasteiger partial charge in [0.05, 0.1) is 0 Å². The molecule has 0 aliphatic heterocycles. The maximum Gasteiger partial charge on any atom is 0.357 e. The zero-order chi connectivity index (χ0) is 13.3. The van der Waals surface area contributed by atoms with E-state index in [1.165, 1.54) is 24.3 Å². The predicted molar refractivity (Wildman–Crippen MR) is 57.9 cm³/mol. The minimum absolute atomic E-state index is 0.0600. The summed E-state index contributed by atoms with van der Waals surface area (Å²) in [6, 6.07) is 5.06. The van der Waals surface area contributed by atoms with Crippen LogP contribution in [0.5, 0.6) is 0 Å². The van der Waals surface area contributed by atoms with Crippen LogP contribution in [0.15, 0.2) is 24.3 Å². The highest BCUT2D eigenvalue weighted by atomic mass is 19.1. The number of halogens is 1. The molecule has 0 atom stereocenters. The minimum Gasteiger partial charge on any atom is -0.477 e. The second-order valence-electron chi connectivity index (χ2n) is 3.43. The van der Waals surface area contributed by atoms with Crippen LogP contribution in [-0.4, -0.2) is 32.1 Å². The zero-order valence-corrected chi connectivity index (χ0v) is 8.85. The Bertz CT molecular complexity index is 587. The molecule has 0 amide bonds. The second kappa shape index (κ2) is 4.28. The molecule has 0 unspecified atom stereocenters. The molecule has 0 radical (unpaired) electrons. The Kier molecular flexibility index (Phi) is 2.80. The Hall–Kier alpha value is -2.70. The minimum atomic E-state index is -1.45. The SMILES string of the molecule is O=C(O)c1nc(-c2ccc(F)cc2)[nH]c1C(=O)O. The van der Waals surface area contributed by atoms with Crippen molar-refractivity contribution < 1.29 is 24.2 Å². The van der Waals surface area contributed by atoms with Crippen LogP contribution in [0.2, 0.25) is 0 Å². The van der Waals surface area contributed by atoms with Gasteiger partial charge in [0.2, 0.25) is 0 Å². The fourth-order valence-corrected chi connectivity index (χ4v) is 1.43. The summed E-state index contributed by atoms with van der Waals surface area (Å²) in [5.41, 5.74) is -0.699. The predicted octanol–water partition coefficient (Wildman–Crippen LogP) is 1.61. The number of aromatic carboxylic acids is 2. The Morgan fingerprint density at radius 1 is 1.11 bits per heavy atom. The fourth-order valence-electron chi connectivity index (χ4n) is 1.43. The third kappa shape index (κ3) is 2.05. The molecule has 3 N–H and O–H groups in total. The maximum absolute atomic E-state index is 12.7. The molecule has 1 aromatic heterocycles. The van der Waals surface area contributed by atoms with Crippen molar-refractivity contribution in [3.05, 3.63) is 41.5 Å². The van der Waals surface area contributed by atoms with Crippen molar-refractivity contribution in [3.63, 3.8) is 0 Å². The number of imidazole rings is 1. The molecule has 0 spiro atoms. The number of aromatic amines is 1. The monoisotopic (exact) mass is 250 g/mol. The summed E-state index contributed by atoms with van der Waals surface area (Å²) >= 11 is 0. The largest absolute Gasteiger partial charge is 0.477 e.